The lowest BCUT2D eigenvalue weighted by atomic mass is 9.85. The number of nitrogens with one attached hydrogen (secondary N) is 1. The van der Waals surface area contributed by atoms with Crippen LogP contribution in [0.2, 0.25) is 0 Å². The molecule has 0 aromatic heterocycles. The molecule has 0 heterocycles. The van der Waals surface area contributed by atoms with E-state index in [1.807, 2.05) is 6.07 Å². The molecule has 16 heavy (non-hydrogen) atoms. The fourth-order valence-electron chi connectivity index (χ4n) is 1.87. The van der Waals surface area contributed by atoms with Crippen LogP contribution in [0.15, 0.2) is 24.3 Å². The molecule has 1 aromatic carbocycles. The van der Waals surface area contributed by atoms with Crippen molar-refractivity contribution in [2.45, 2.75) is 33.6 Å². The third-order valence-electron chi connectivity index (χ3n) is 2.60. The summed E-state index contributed by atoms with van der Waals surface area (Å²) in [5.74, 6) is -0.144. The molecule has 1 aromatic rings. The summed E-state index contributed by atoms with van der Waals surface area (Å²) in [6.45, 7) is 8.59. The van der Waals surface area contributed by atoms with Gasteiger partial charge in [-0.3, -0.25) is 0 Å². The molecule has 2 heteroatoms. The Bertz CT molecular complexity index is 320. The fourth-order valence-corrected chi connectivity index (χ4v) is 1.87. The van der Waals surface area contributed by atoms with Crippen LogP contribution < -0.4 is 5.32 Å². The van der Waals surface area contributed by atoms with E-state index < -0.39 is 0 Å². The topological polar surface area (TPSA) is 12.0 Å². The Labute approximate surface area is 98.1 Å². The summed E-state index contributed by atoms with van der Waals surface area (Å²) in [4.78, 5) is 0. The molecule has 0 radical (unpaired) electrons. The van der Waals surface area contributed by atoms with Gasteiger partial charge in [0.2, 0.25) is 0 Å². The maximum atomic E-state index is 13.0. The van der Waals surface area contributed by atoms with E-state index in [1.54, 1.807) is 12.1 Å². The van der Waals surface area contributed by atoms with E-state index in [0.717, 1.165) is 31.5 Å². The highest BCUT2D eigenvalue weighted by Gasteiger charge is 2.17. The highest BCUT2D eigenvalue weighted by Crippen LogP contribution is 2.21. The Hall–Kier alpha value is -0.890. The third kappa shape index (κ3) is 4.75. The van der Waals surface area contributed by atoms with Gasteiger partial charge in [-0.25, -0.2) is 4.39 Å². The van der Waals surface area contributed by atoms with Gasteiger partial charge in [0.1, 0.15) is 5.82 Å². The summed E-state index contributed by atoms with van der Waals surface area (Å²) in [6.07, 6.45) is 2.05. The van der Waals surface area contributed by atoms with Crippen LogP contribution >= 0.6 is 0 Å². The van der Waals surface area contributed by atoms with Crippen molar-refractivity contribution in [1.82, 2.24) is 5.32 Å². The van der Waals surface area contributed by atoms with Gasteiger partial charge in [0.25, 0.3) is 0 Å². The lowest BCUT2D eigenvalue weighted by molar-refractivity contribution is 0.338. The summed E-state index contributed by atoms with van der Waals surface area (Å²) in [7, 11) is 0. The molecule has 0 amide bonds. The number of benzene rings is 1. The van der Waals surface area contributed by atoms with Gasteiger partial charge >= 0.3 is 0 Å². The Morgan fingerprint density at radius 1 is 1.31 bits per heavy atom. The van der Waals surface area contributed by atoms with Crippen LogP contribution in [-0.4, -0.2) is 13.1 Å². The Balaban J connectivity index is 2.51. The Morgan fingerprint density at radius 3 is 2.69 bits per heavy atom. The van der Waals surface area contributed by atoms with Gasteiger partial charge in [-0.05, 0) is 42.5 Å². The molecule has 0 unspecified atom stereocenters. The first-order valence-corrected chi connectivity index (χ1v) is 5.99. The number of rotatable bonds is 6. The average Bonchev–Trinajstić information content (AvgIpc) is 2.17. The van der Waals surface area contributed by atoms with Crippen LogP contribution in [0.1, 0.15) is 32.8 Å². The Kier molecular flexibility index (Phi) is 4.94. The first-order chi connectivity index (χ1) is 7.53. The van der Waals surface area contributed by atoms with Crippen molar-refractivity contribution >= 4 is 0 Å². The first-order valence-electron chi connectivity index (χ1n) is 5.99. The van der Waals surface area contributed by atoms with E-state index in [0.29, 0.717) is 0 Å². The maximum Gasteiger partial charge on any atom is 0.123 e. The van der Waals surface area contributed by atoms with E-state index in [4.69, 9.17) is 0 Å². The third-order valence-corrected chi connectivity index (χ3v) is 2.60. The second-order valence-corrected chi connectivity index (χ2v) is 5.15. The molecule has 0 aliphatic heterocycles. The van der Waals surface area contributed by atoms with E-state index in [1.165, 1.54) is 6.07 Å². The average molecular weight is 223 g/mol. The minimum Gasteiger partial charge on any atom is -0.316 e. The van der Waals surface area contributed by atoms with Gasteiger partial charge in [-0.1, -0.05) is 32.9 Å². The molecule has 0 aliphatic rings. The summed E-state index contributed by atoms with van der Waals surface area (Å²) >= 11 is 0. The highest BCUT2D eigenvalue weighted by molar-refractivity contribution is 5.17. The smallest absolute Gasteiger partial charge is 0.123 e. The fraction of sp³-hybridized carbons (Fsp3) is 0.571. The van der Waals surface area contributed by atoms with Crippen molar-refractivity contribution < 1.29 is 4.39 Å². The zero-order chi connectivity index (χ0) is 12.0. The normalized spacial score (nSPS) is 11.8. The first kappa shape index (κ1) is 13.2. The van der Waals surface area contributed by atoms with Gasteiger partial charge in [-0.15, -0.1) is 0 Å². The van der Waals surface area contributed by atoms with Gasteiger partial charge in [-0.2, -0.15) is 0 Å². The maximum absolute atomic E-state index is 13.0. The molecule has 0 fully saturated rings. The predicted molar refractivity (Wildman–Crippen MR) is 67.0 cm³/mol. The lowest BCUT2D eigenvalue weighted by Crippen LogP contribution is -2.31. The molecular formula is C14H22FN. The van der Waals surface area contributed by atoms with Gasteiger partial charge < -0.3 is 5.32 Å². The molecule has 0 aliphatic carbocycles. The van der Waals surface area contributed by atoms with Gasteiger partial charge in [0, 0.05) is 6.54 Å². The van der Waals surface area contributed by atoms with Crippen LogP contribution in [-0.2, 0) is 6.42 Å². The van der Waals surface area contributed by atoms with Gasteiger partial charge in [0.05, 0.1) is 0 Å². The van der Waals surface area contributed by atoms with Crippen molar-refractivity contribution in [2.24, 2.45) is 5.41 Å². The number of hydrogen-bond acceptors (Lipinski definition) is 1. The molecule has 1 N–H and O–H groups in total. The predicted octanol–water partition coefficient (Wildman–Crippen LogP) is 3.39. The van der Waals surface area contributed by atoms with Crippen LogP contribution in [0.3, 0.4) is 0 Å². The second kappa shape index (κ2) is 6.00. The van der Waals surface area contributed by atoms with Crippen molar-refractivity contribution in [2.75, 3.05) is 13.1 Å². The second-order valence-electron chi connectivity index (χ2n) is 5.15. The standard InChI is InChI=1S/C14H22FN/c1-4-8-16-11-14(2,3)10-12-6-5-7-13(15)9-12/h5-7,9,16H,4,8,10-11H2,1-3H3. The van der Waals surface area contributed by atoms with E-state index >= 15 is 0 Å². The van der Waals surface area contributed by atoms with Crippen LogP contribution in [0.4, 0.5) is 4.39 Å². The van der Waals surface area contributed by atoms with Crippen molar-refractivity contribution in [3.63, 3.8) is 0 Å². The zero-order valence-corrected chi connectivity index (χ0v) is 10.5. The van der Waals surface area contributed by atoms with E-state index in [2.05, 4.69) is 26.1 Å². The summed E-state index contributed by atoms with van der Waals surface area (Å²) < 4.78 is 13.0. The van der Waals surface area contributed by atoms with Crippen LogP contribution in [0.25, 0.3) is 0 Å². The molecule has 0 saturated heterocycles. The summed E-state index contributed by atoms with van der Waals surface area (Å²) in [5.41, 5.74) is 1.24. The largest absolute Gasteiger partial charge is 0.316 e. The monoisotopic (exact) mass is 223 g/mol. The minimum atomic E-state index is -0.144. The van der Waals surface area contributed by atoms with Crippen molar-refractivity contribution in [3.8, 4) is 0 Å². The Morgan fingerprint density at radius 2 is 2.06 bits per heavy atom. The SMILES string of the molecule is CCCNCC(C)(C)Cc1cccc(F)c1. The minimum absolute atomic E-state index is 0.144. The number of halogens is 1. The van der Waals surface area contributed by atoms with E-state index in [-0.39, 0.29) is 11.2 Å². The van der Waals surface area contributed by atoms with E-state index in [9.17, 15) is 4.39 Å². The van der Waals surface area contributed by atoms with Crippen LogP contribution in [0, 0.1) is 11.2 Å². The molecule has 1 nitrogen and oxygen atoms in total. The molecule has 90 valence electrons. The highest BCUT2D eigenvalue weighted by atomic mass is 19.1. The lowest BCUT2D eigenvalue weighted by Gasteiger charge is -2.25. The number of hydrogen-bond donors (Lipinski definition) is 1. The molecular weight excluding hydrogens is 201 g/mol. The molecule has 0 bridgehead atoms. The molecule has 1 rings (SSSR count). The molecule has 0 spiro atoms. The summed E-state index contributed by atoms with van der Waals surface area (Å²) in [6, 6.07) is 6.89. The molecule has 0 saturated carbocycles. The van der Waals surface area contributed by atoms with Crippen molar-refractivity contribution in [1.29, 1.82) is 0 Å². The van der Waals surface area contributed by atoms with Crippen molar-refractivity contribution in [3.05, 3.63) is 35.6 Å². The summed E-state index contributed by atoms with van der Waals surface area (Å²) in [5, 5.41) is 3.42. The van der Waals surface area contributed by atoms with Gasteiger partial charge in [0.15, 0.2) is 0 Å². The quantitative estimate of drug-likeness (QED) is 0.729. The van der Waals surface area contributed by atoms with Crippen LogP contribution in [0.5, 0.6) is 0 Å². The zero-order valence-electron chi connectivity index (χ0n) is 10.5. The molecule has 0 atom stereocenters.